The van der Waals surface area contributed by atoms with Crippen molar-refractivity contribution in [2.45, 2.75) is 17.3 Å². The van der Waals surface area contributed by atoms with E-state index < -0.39 is 34.6 Å². The minimum atomic E-state index is -1.23. The number of methoxy groups -OCH3 is 2. The van der Waals surface area contributed by atoms with E-state index in [2.05, 4.69) is 25.4 Å². The van der Waals surface area contributed by atoms with Gasteiger partial charge in [0, 0.05) is 6.42 Å². The Morgan fingerprint density at radius 3 is 1.96 bits per heavy atom. The van der Waals surface area contributed by atoms with Crippen molar-refractivity contribution in [1.82, 2.24) is 4.90 Å². The van der Waals surface area contributed by atoms with Gasteiger partial charge >= 0.3 is 11.9 Å². The monoisotopic (exact) mass is 383 g/mol. The minimum absolute atomic E-state index is 0.148. The number of carbonyl (C=O) groups is 4. The maximum absolute atomic E-state index is 12.5. The summed E-state index contributed by atoms with van der Waals surface area (Å²) < 4.78 is 9.25. The van der Waals surface area contributed by atoms with Crippen molar-refractivity contribution in [2.24, 2.45) is 0 Å². The molecule has 1 aromatic carbocycles. The molecule has 0 aliphatic carbocycles. The molecule has 0 saturated heterocycles. The first-order valence-corrected chi connectivity index (χ1v) is 7.60. The van der Waals surface area contributed by atoms with E-state index in [1.54, 1.807) is 12.1 Å². The van der Waals surface area contributed by atoms with Crippen molar-refractivity contribution in [1.29, 1.82) is 0 Å². The van der Waals surface area contributed by atoms with Crippen molar-refractivity contribution in [3.05, 3.63) is 35.4 Å². The van der Waals surface area contributed by atoms with Crippen LogP contribution in [0.1, 0.15) is 27.1 Å². The molecule has 0 fully saturated rings. The number of alkyl halides is 1. The van der Waals surface area contributed by atoms with E-state index in [0.29, 0.717) is 0 Å². The molecule has 0 bridgehead atoms. The molecule has 1 heterocycles. The van der Waals surface area contributed by atoms with E-state index in [1.807, 2.05) is 0 Å². The number of ether oxygens (including phenoxy) is 2. The number of rotatable bonds is 5. The molecule has 1 aromatic rings. The lowest BCUT2D eigenvalue weighted by atomic mass is 10.1. The van der Waals surface area contributed by atoms with E-state index in [1.165, 1.54) is 19.2 Å². The fraction of sp³-hybridized carbons (Fsp3) is 0.333. The zero-order chi connectivity index (χ0) is 17.1. The van der Waals surface area contributed by atoms with E-state index in [4.69, 9.17) is 0 Å². The van der Waals surface area contributed by atoms with E-state index in [-0.39, 0.29) is 17.5 Å². The normalized spacial score (nSPS) is 15.9. The largest absolute Gasteiger partial charge is 0.468 e. The lowest BCUT2D eigenvalue weighted by Crippen LogP contribution is -2.47. The third-order valence-electron chi connectivity index (χ3n) is 3.50. The highest BCUT2D eigenvalue weighted by Crippen LogP contribution is 2.27. The Morgan fingerprint density at radius 2 is 1.52 bits per heavy atom. The van der Waals surface area contributed by atoms with Crippen LogP contribution < -0.4 is 0 Å². The molecule has 2 rings (SSSR count). The quantitative estimate of drug-likeness (QED) is 0.430. The van der Waals surface area contributed by atoms with Gasteiger partial charge in [-0.2, -0.15) is 0 Å². The number of hydrogen-bond acceptors (Lipinski definition) is 6. The zero-order valence-corrected chi connectivity index (χ0v) is 14.0. The van der Waals surface area contributed by atoms with Gasteiger partial charge in [0.15, 0.2) is 0 Å². The summed E-state index contributed by atoms with van der Waals surface area (Å²) in [6.07, 6.45) is -0.148. The van der Waals surface area contributed by atoms with Crippen LogP contribution in [0.4, 0.5) is 0 Å². The molecule has 23 heavy (non-hydrogen) atoms. The van der Waals surface area contributed by atoms with Gasteiger partial charge in [-0.25, -0.2) is 4.79 Å². The number of fused-ring (bicyclic) bond motifs is 1. The number of halogens is 1. The van der Waals surface area contributed by atoms with Crippen molar-refractivity contribution in [3.63, 3.8) is 0 Å². The van der Waals surface area contributed by atoms with Gasteiger partial charge in [-0.05, 0) is 12.1 Å². The molecule has 0 unspecified atom stereocenters. The first kappa shape index (κ1) is 17.1. The fourth-order valence-electron chi connectivity index (χ4n) is 2.35. The van der Waals surface area contributed by atoms with E-state index in [0.717, 1.165) is 12.0 Å². The molecule has 0 radical (unpaired) electrons. The summed E-state index contributed by atoms with van der Waals surface area (Å²) in [6.45, 7) is 0. The molecule has 0 N–H and O–H groups in total. The molecule has 1 aliphatic heterocycles. The third-order valence-corrected chi connectivity index (χ3v) is 4.25. The van der Waals surface area contributed by atoms with Crippen LogP contribution in [0, 0.1) is 0 Å². The van der Waals surface area contributed by atoms with Crippen LogP contribution in [0.25, 0.3) is 0 Å². The molecule has 122 valence electrons. The number of carbonyl (C=O) groups excluding carboxylic acids is 4. The highest BCUT2D eigenvalue weighted by molar-refractivity contribution is 9.10. The maximum atomic E-state index is 12.5. The lowest BCUT2D eigenvalue weighted by molar-refractivity contribution is -0.146. The maximum Gasteiger partial charge on any atom is 0.329 e. The number of imide groups is 1. The van der Waals surface area contributed by atoms with Gasteiger partial charge in [-0.15, -0.1) is 0 Å². The Bertz CT molecular complexity index is 639. The van der Waals surface area contributed by atoms with E-state index >= 15 is 0 Å². The number of benzene rings is 1. The predicted octanol–water partition coefficient (Wildman–Crippen LogP) is 1.15. The molecule has 8 heteroatoms. The number of esters is 2. The van der Waals surface area contributed by atoms with Gasteiger partial charge in [0.05, 0.1) is 25.3 Å². The molecule has 0 spiro atoms. The van der Waals surface area contributed by atoms with Gasteiger partial charge < -0.3 is 9.47 Å². The molecule has 1 aliphatic rings. The van der Waals surface area contributed by atoms with Crippen LogP contribution in [0.5, 0.6) is 0 Å². The van der Waals surface area contributed by atoms with Crippen LogP contribution in [0.15, 0.2) is 24.3 Å². The summed E-state index contributed by atoms with van der Waals surface area (Å²) in [7, 11) is 2.35. The van der Waals surface area contributed by atoms with Crippen LogP contribution >= 0.6 is 15.9 Å². The number of amides is 2. The summed E-state index contributed by atoms with van der Waals surface area (Å²) >= 11 is 3.09. The molecule has 0 saturated carbocycles. The van der Waals surface area contributed by atoms with E-state index in [9.17, 15) is 19.2 Å². The van der Waals surface area contributed by atoms with Gasteiger partial charge in [-0.1, -0.05) is 28.1 Å². The summed E-state index contributed by atoms with van der Waals surface area (Å²) in [5.74, 6) is -2.58. The molecular formula is C15H14BrNO6. The summed E-state index contributed by atoms with van der Waals surface area (Å²) in [6, 6.07) is 5.05. The Hall–Kier alpha value is -2.22. The van der Waals surface area contributed by atoms with Gasteiger partial charge in [-0.3, -0.25) is 19.3 Å². The smallest absolute Gasteiger partial charge is 0.329 e. The average Bonchev–Trinajstić information content (AvgIpc) is 2.82. The molecule has 0 aromatic heterocycles. The second-order valence-corrected chi connectivity index (χ2v) is 5.90. The summed E-state index contributed by atoms with van der Waals surface area (Å²) in [5.41, 5.74) is 0.436. The first-order valence-electron chi connectivity index (χ1n) is 6.69. The Balaban J connectivity index is 2.34. The van der Waals surface area contributed by atoms with Gasteiger partial charge in [0.2, 0.25) is 0 Å². The zero-order valence-electron chi connectivity index (χ0n) is 12.4. The van der Waals surface area contributed by atoms with Crippen molar-refractivity contribution >= 4 is 39.7 Å². The Kier molecular flexibility index (Phi) is 5.15. The van der Waals surface area contributed by atoms with Crippen LogP contribution in [0.3, 0.4) is 0 Å². The van der Waals surface area contributed by atoms with Gasteiger partial charge in [0.25, 0.3) is 11.8 Å². The van der Waals surface area contributed by atoms with Crippen molar-refractivity contribution in [2.75, 3.05) is 14.2 Å². The fourth-order valence-corrected chi connectivity index (χ4v) is 2.90. The summed E-state index contributed by atoms with van der Waals surface area (Å²) in [5, 5.41) is 0. The third kappa shape index (κ3) is 3.12. The van der Waals surface area contributed by atoms with Crippen molar-refractivity contribution < 1.29 is 28.7 Å². The Labute approximate surface area is 140 Å². The molecule has 2 atom stereocenters. The van der Waals surface area contributed by atoms with Crippen molar-refractivity contribution in [3.8, 4) is 0 Å². The SMILES string of the molecule is COC(=O)[C@H](Br)C[C@H](C(=O)OC)N1C(=O)c2ccccc2C1=O. The topological polar surface area (TPSA) is 90.0 Å². The minimum Gasteiger partial charge on any atom is -0.468 e. The number of nitrogens with zero attached hydrogens (tertiary/aromatic N) is 1. The standard InChI is InChI=1S/C15H14BrNO6/c1-22-14(20)10(16)7-11(15(21)23-2)17-12(18)8-5-3-4-6-9(8)13(17)19/h3-6,10-11H,7H2,1-2H3/t10-,11-/m1/s1. The highest BCUT2D eigenvalue weighted by Gasteiger charge is 2.44. The average molecular weight is 384 g/mol. The van der Waals surface area contributed by atoms with Crippen LogP contribution in [0.2, 0.25) is 0 Å². The first-order chi connectivity index (χ1) is 10.9. The molecule has 7 nitrogen and oxygen atoms in total. The van der Waals surface area contributed by atoms with Crippen LogP contribution in [-0.4, -0.2) is 53.7 Å². The molecular weight excluding hydrogens is 370 g/mol. The highest BCUT2D eigenvalue weighted by atomic mass is 79.9. The summed E-state index contributed by atoms with van der Waals surface area (Å²) in [4.78, 5) is 48.5. The predicted molar refractivity (Wildman–Crippen MR) is 82.1 cm³/mol. The van der Waals surface area contributed by atoms with Gasteiger partial charge in [0.1, 0.15) is 10.9 Å². The van der Waals surface area contributed by atoms with Crippen LogP contribution in [-0.2, 0) is 19.1 Å². The lowest BCUT2D eigenvalue weighted by Gasteiger charge is -2.25. The molecule has 2 amide bonds. The second kappa shape index (κ2) is 6.91. The number of hydrogen-bond donors (Lipinski definition) is 0. The second-order valence-electron chi connectivity index (χ2n) is 4.79. The Morgan fingerprint density at radius 1 is 1.04 bits per heavy atom.